The second kappa shape index (κ2) is 6.14. The average Bonchev–Trinajstić information content (AvgIpc) is 2.23. The number of hydrogen-bond acceptors (Lipinski definition) is 3. The van der Waals surface area contributed by atoms with Gasteiger partial charge < -0.3 is 10.2 Å². The number of anilines is 1. The summed E-state index contributed by atoms with van der Waals surface area (Å²) in [5.74, 6) is 0.572. The van der Waals surface area contributed by atoms with Gasteiger partial charge in [0.1, 0.15) is 11.6 Å². The Labute approximate surface area is 109 Å². The van der Waals surface area contributed by atoms with Gasteiger partial charge in [0.25, 0.3) is 0 Å². The SMILES string of the molecule is CCNCc1cc(F)cnc1N(C)CC(C)(C)C. The molecule has 3 nitrogen and oxygen atoms in total. The zero-order valence-electron chi connectivity index (χ0n) is 12.0. The van der Waals surface area contributed by atoms with Crippen LogP contribution in [0, 0.1) is 11.2 Å². The topological polar surface area (TPSA) is 28.2 Å². The first-order chi connectivity index (χ1) is 8.33. The number of halogens is 1. The predicted molar refractivity (Wildman–Crippen MR) is 74.3 cm³/mol. The molecule has 0 aliphatic carbocycles. The Morgan fingerprint density at radius 3 is 2.61 bits per heavy atom. The fourth-order valence-corrected chi connectivity index (χ4v) is 1.99. The van der Waals surface area contributed by atoms with Gasteiger partial charge in [-0.2, -0.15) is 0 Å². The van der Waals surface area contributed by atoms with Crippen molar-refractivity contribution in [3.8, 4) is 0 Å². The van der Waals surface area contributed by atoms with Gasteiger partial charge in [-0.25, -0.2) is 9.37 Å². The molecule has 1 aromatic heterocycles. The lowest BCUT2D eigenvalue weighted by atomic mass is 9.96. The zero-order chi connectivity index (χ0) is 13.8. The van der Waals surface area contributed by atoms with Gasteiger partial charge in [0.05, 0.1) is 6.20 Å². The van der Waals surface area contributed by atoms with Crippen molar-refractivity contribution in [2.75, 3.05) is 25.0 Å². The Morgan fingerprint density at radius 1 is 1.39 bits per heavy atom. The second-order valence-electron chi connectivity index (χ2n) is 5.83. The second-order valence-corrected chi connectivity index (χ2v) is 5.83. The number of nitrogens with zero attached hydrogens (tertiary/aromatic N) is 2. The average molecular weight is 253 g/mol. The molecule has 0 fully saturated rings. The summed E-state index contributed by atoms with van der Waals surface area (Å²) in [6.45, 7) is 10.9. The fraction of sp³-hybridized carbons (Fsp3) is 0.643. The molecule has 4 heteroatoms. The summed E-state index contributed by atoms with van der Waals surface area (Å²) in [7, 11) is 2.00. The molecule has 0 aromatic carbocycles. The summed E-state index contributed by atoms with van der Waals surface area (Å²) in [4.78, 5) is 6.32. The first-order valence-corrected chi connectivity index (χ1v) is 6.40. The molecule has 0 atom stereocenters. The van der Waals surface area contributed by atoms with E-state index in [1.54, 1.807) is 6.07 Å². The Kier molecular flexibility index (Phi) is 5.08. The molecule has 1 rings (SSSR count). The molecule has 0 aliphatic heterocycles. The van der Waals surface area contributed by atoms with E-state index in [2.05, 4.69) is 36.0 Å². The first-order valence-electron chi connectivity index (χ1n) is 6.40. The van der Waals surface area contributed by atoms with Gasteiger partial charge in [-0.05, 0) is 18.0 Å². The van der Waals surface area contributed by atoms with Crippen molar-refractivity contribution in [1.82, 2.24) is 10.3 Å². The van der Waals surface area contributed by atoms with Crippen LogP contribution in [0.25, 0.3) is 0 Å². The van der Waals surface area contributed by atoms with Crippen LogP contribution in [-0.4, -0.2) is 25.1 Å². The lowest BCUT2D eigenvalue weighted by Crippen LogP contribution is -2.31. The Hall–Kier alpha value is -1.16. The van der Waals surface area contributed by atoms with E-state index >= 15 is 0 Å². The Morgan fingerprint density at radius 2 is 2.06 bits per heavy atom. The molecule has 102 valence electrons. The van der Waals surface area contributed by atoms with E-state index in [4.69, 9.17) is 0 Å². The van der Waals surface area contributed by atoms with Crippen molar-refractivity contribution in [3.05, 3.63) is 23.6 Å². The quantitative estimate of drug-likeness (QED) is 0.874. The van der Waals surface area contributed by atoms with Gasteiger partial charge in [0.15, 0.2) is 0 Å². The van der Waals surface area contributed by atoms with Crippen molar-refractivity contribution in [1.29, 1.82) is 0 Å². The van der Waals surface area contributed by atoms with Crippen LogP contribution in [0.3, 0.4) is 0 Å². The highest BCUT2D eigenvalue weighted by atomic mass is 19.1. The molecule has 0 amide bonds. The van der Waals surface area contributed by atoms with Gasteiger partial charge in [-0.3, -0.25) is 0 Å². The third-order valence-corrected chi connectivity index (χ3v) is 2.55. The van der Waals surface area contributed by atoms with Crippen LogP contribution in [0.1, 0.15) is 33.3 Å². The maximum absolute atomic E-state index is 13.3. The van der Waals surface area contributed by atoms with Crippen molar-refractivity contribution in [2.45, 2.75) is 34.2 Å². The smallest absolute Gasteiger partial charge is 0.141 e. The minimum atomic E-state index is -0.282. The molecule has 18 heavy (non-hydrogen) atoms. The maximum Gasteiger partial charge on any atom is 0.141 e. The zero-order valence-corrected chi connectivity index (χ0v) is 12.0. The molecular weight excluding hydrogens is 229 g/mol. The van der Waals surface area contributed by atoms with Crippen LogP contribution in [-0.2, 0) is 6.54 Å². The van der Waals surface area contributed by atoms with E-state index in [0.29, 0.717) is 6.54 Å². The molecule has 0 radical (unpaired) electrons. The largest absolute Gasteiger partial charge is 0.359 e. The number of aromatic nitrogens is 1. The monoisotopic (exact) mass is 253 g/mol. The number of pyridine rings is 1. The van der Waals surface area contributed by atoms with Gasteiger partial charge in [-0.1, -0.05) is 27.7 Å². The Bertz CT molecular complexity index is 385. The molecule has 1 aromatic rings. The summed E-state index contributed by atoms with van der Waals surface area (Å²) in [6.07, 6.45) is 1.28. The molecule has 0 unspecified atom stereocenters. The van der Waals surface area contributed by atoms with E-state index in [1.807, 2.05) is 14.0 Å². The summed E-state index contributed by atoms with van der Waals surface area (Å²) in [5, 5.41) is 3.22. The molecule has 0 saturated heterocycles. The highest BCUT2D eigenvalue weighted by molar-refractivity contribution is 5.46. The van der Waals surface area contributed by atoms with Crippen LogP contribution in [0.15, 0.2) is 12.3 Å². The highest BCUT2D eigenvalue weighted by Crippen LogP contribution is 2.22. The van der Waals surface area contributed by atoms with Gasteiger partial charge >= 0.3 is 0 Å². The summed E-state index contributed by atoms with van der Waals surface area (Å²) in [6, 6.07) is 1.56. The third kappa shape index (κ3) is 4.61. The summed E-state index contributed by atoms with van der Waals surface area (Å²) < 4.78 is 13.3. The molecule has 1 heterocycles. The van der Waals surface area contributed by atoms with Crippen LogP contribution >= 0.6 is 0 Å². The highest BCUT2D eigenvalue weighted by Gasteiger charge is 2.17. The van der Waals surface area contributed by atoms with Crippen molar-refractivity contribution in [2.24, 2.45) is 5.41 Å². The molecule has 0 spiro atoms. The van der Waals surface area contributed by atoms with Crippen molar-refractivity contribution < 1.29 is 4.39 Å². The molecule has 0 bridgehead atoms. The summed E-state index contributed by atoms with van der Waals surface area (Å²) >= 11 is 0. The number of nitrogens with one attached hydrogen (secondary N) is 1. The van der Waals surface area contributed by atoms with E-state index < -0.39 is 0 Å². The standard InChI is InChI=1S/C14H24FN3/c1-6-16-8-11-7-12(15)9-17-13(11)18(5)10-14(2,3)4/h7,9,16H,6,8,10H2,1-5H3. The Balaban J connectivity index is 2.92. The third-order valence-electron chi connectivity index (χ3n) is 2.55. The summed E-state index contributed by atoms with van der Waals surface area (Å²) in [5.41, 5.74) is 1.09. The lowest BCUT2D eigenvalue weighted by molar-refractivity contribution is 0.417. The normalized spacial score (nSPS) is 11.7. The van der Waals surface area contributed by atoms with E-state index in [9.17, 15) is 4.39 Å². The van der Waals surface area contributed by atoms with Crippen molar-refractivity contribution >= 4 is 5.82 Å². The van der Waals surface area contributed by atoms with Gasteiger partial charge in [0.2, 0.25) is 0 Å². The van der Waals surface area contributed by atoms with Crippen molar-refractivity contribution in [3.63, 3.8) is 0 Å². The predicted octanol–water partition coefficient (Wildman–Crippen LogP) is 2.81. The van der Waals surface area contributed by atoms with Gasteiger partial charge in [0, 0.05) is 25.7 Å². The van der Waals surface area contributed by atoms with Gasteiger partial charge in [-0.15, -0.1) is 0 Å². The minimum absolute atomic E-state index is 0.181. The van der Waals surface area contributed by atoms with Crippen LogP contribution in [0.2, 0.25) is 0 Å². The minimum Gasteiger partial charge on any atom is -0.359 e. The van der Waals surface area contributed by atoms with Crippen LogP contribution in [0.5, 0.6) is 0 Å². The first kappa shape index (κ1) is 14.9. The fourth-order valence-electron chi connectivity index (χ4n) is 1.99. The van der Waals surface area contributed by atoms with E-state index in [0.717, 1.165) is 24.5 Å². The molecular formula is C14H24FN3. The maximum atomic E-state index is 13.3. The molecule has 0 aliphatic rings. The van der Waals surface area contributed by atoms with Crippen LogP contribution in [0.4, 0.5) is 10.2 Å². The lowest BCUT2D eigenvalue weighted by Gasteiger charge is -2.28. The molecule has 1 N–H and O–H groups in total. The number of rotatable bonds is 5. The van der Waals surface area contributed by atoms with E-state index in [1.165, 1.54) is 6.20 Å². The molecule has 0 saturated carbocycles. The number of hydrogen-bond donors (Lipinski definition) is 1. The van der Waals surface area contributed by atoms with E-state index in [-0.39, 0.29) is 11.2 Å². The van der Waals surface area contributed by atoms with Crippen LogP contribution < -0.4 is 10.2 Å².